The van der Waals surface area contributed by atoms with E-state index < -0.39 is 0 Å². The summed E-state index contributed by atoms with van der Waals surface area (Å²) in [4.78, 5) is 18.6. The number of hydrogen-bond donors (Lipinski definition) is 0. The number of nitrogens with zero attached hydrogens (tertiary/aromatic N) is 1. The summed E-state index contributed by atoms with van der Waals surface area (Å²) in [6.45, 7) is 2.59. The molecule has 1 aliphatic carbocycles. The lowest BCUT2D eigenvalue weighted by Crippen LogP contribution is -2.09. The topological polar surface area (TPSA) is 47.9 Å². The van der Waals surface area contributed by atoms with Crippen molar-refractivity contribution in [2.45, 2.75) is 39.2 Å². The van der Waals surface area contributed by atoms with E-state index in [1.807, 2.05) is 55.5 Å². The average Bonchev–Trinajstić information content (AvgIpc) is 3.15. The summed E-state index contributed by atoms with van der Waals surface area (Å²) in [6, 6.07) is 15.4. The number of benzene rings is 2. The predicted octanol–water partition coefficient (Wildman–Crippen LogP) is 6.79. The van der Waals surface area contributed by atoms with Gasteiger partial charge in [0.25, 0.3) is 0 Å². The van der Waals surface area contributed by atoms with E-state index in [2.05, 4.69) is 0 Å². The number of aryl methyl sites for hydroxylation is 1. The molecule has 6 heteroatoms. The highest BCUT2D eigenvalue weighted by atomic mass is 35.5. The van der Waals surface area contributed by atoms with Crippen LogP contribution in [0.15, 0.2) is 53.5 Å². The number of carbonyl (C=O) groups is 1. The molecule has 3 aromatic rings. The lowest BCUT2D eigenvalue weighted by Gasteiger charge is -2.11. The molecule has 31 heavy (non-hydrogen) atoms. The monoisotopic (exact) mass is 453 g/mol. The molecule has 1 aliphatic rings. The van der Waals surface area contributed by atoms with Crippen LogP contribution in [0.5, 0.6) is 5.75 Å². The van der Waals surface area contributed by atoms with E-state index in [-0.39, 0.29) is 5.97 Å². The summed E-state index contributed by atoms with van der Waals surface area (Å²) in [6.07, 6.45) is 5.93. The fraction of sp³-hybridized carbons (Fsp3) is 0.280. The molecule has 2 aromatic carbocycles. The van der Waals surface area contributed by atoms with Crippen molar-refractivity contribution >= 4 is 40.1 Å². The Morgan fingerprint density at radius 1 is 1.16 bits per heavy atom. The van der Waals surface area contributed by atoms with Crippen LogP contribution in [0.25, 0.3) is 0 Å². The van der Waals surface area contributed by atoms with Gasteiger partial charge in [0, 0.05) is 21.7 Å². The Kier molecular flexibility index (Phi) is 7.05. The Morgan fingerprint density at radius 3 is 2.84 bits per heavy atom. The van der Waals surface area contributed by atoms with E-state index >= 15 is 0 Å². The van der Waals surface area contributed by atoms with Crippen molar-refractivity contribution in [1.29, 1.82) is 0 Å². The number of hydrogen-bond acceptors (Lipinski definition) is 5. The molecule has 0 aliphatic heterocycles. The molecule has 0 N–H and O–H groups in total. The summed E-state index contributed by atoms with van der Waals surface area (Å²) in [5.74, 6) is 0.449. The third-order valence-electron chi connectivity index (χ3n) is 5.16. The molecule has 1 aromatic heterocycles. The van der Waals surface area contributed by atoms with Gasteiger partial charge in [0.1, 0.15) is 17.4 Å². The second-order valence-corrected chi connectivity index (χ2v) is 8.85. The SMILES string of the molecule is CCOC(=O)c1c(N=Cc2ccccc2OCc2cccc(Cl)c2)sc2c1CCCC2. The maximum Gasteiger partial charge on any atom is 0.341 e. The van der Waals surface area contributed by atoms with Gasteiger partial charge >= 0.3 is 5.97 Å². The van der Waals surface area contributed by atoms with Gasteiger partial charge in [-0.1, -0.05) is 35.9 Å². The normalized spacial score (nSPS) is 13.2. The minimum atomic E-state index is -0.278. The zero-order valence-electron chi connectivity index (χ0n) is 17.4. The zero-order chi connectivity index (χ0) is 21.6. The number of fused-ring (bicyclic) bond motifs is 1. The number of aliphatic imine (C=N–C) groups is 1. The highest BCUT2D eigenvalue weighted by Gasteiger charge is 2.26. The molecule has 4 rings (SSSR count). The van der Waals surface area contributed by atoms with Crippen LogP contribution in [0.3, 0.4) is 0 Å². The standard InChI is InChI=1S/C25H24ClNO3S/c1-2-29-25(28)23-20-11-4-6-13-22(20)31-24(23)27-15-18-9-3-5-12-21(18)30-16-17-8-7-10-19(26)14-17/h3,5,7-10,12,14-15H,2,4,6,11,13,16H2,1H3. The van der Waals surface area contributed by atoms with Crippen LogP contribution in [0.4, 0.5) is 5.00 Å². The Balaban J connectivity index is 1.59. The van der Waals surface area contributed by atoms with E-state index in [9.17, 15) is 4.79 Å². The van der Waals surface area contributed by atoms with Crippen molar-refractivity contribution in [2.75, 3.05) is 6.61 Å². The maximum atomic E-state index is 12.6. The molecule has 0 atom stereocenters. The number of esters is 1. The molecule has 0 saturated carbocycles. The maximum absolute atomic E-state index is 12.6. The molecule has 4 nitrogen and oxygen atoms in total. The van der Waals surface area contributed by atoms with Gasteiger partial charge in [-0.05, 0) is 68.0 Å². The van der Waals surface area contributed by atoms with Crippen LogP contribution in [-0.4, -0.2) is 18.8 Å². The quantitative estimate of drug-likeness (QED) is 0.292. The van der Waals surface area contributed by atoms with E-state index in [4.69, 9.17) is 26.1 Å². The van der Waals surface area contributed by atoms with E-state index in [0.29, 0.717) is 23.8 Å². The van der Waals surface area contributed by atoms with Crippen molar-refractivity contribution < 1.29 is 14.3 Å². The first-order chi connectivity index (χ1) is 15.2. The smallest absolute Gasteiger partial charge is 0.341 e. The van der Waals surface area contributed by atoms with E-state index in [0.717, 1.165) is 53.1 Å². The molecule has 1 heterocycles. The van der Waals surface area contributed by atoms with Crippen LogP contribution in [0.1, 0.15) is 51.7 Å². The summed E-state index contributed by atoms with van der Waals surface area (Å²) in [5.41, 5.74) is 3.60. The van der Waals surface area contributed by atoms with E-state index in [1.54, 1.807) is 17.6 Å². The number of ether oxygens (including phenoxy) is 2. The molecular formula is C25H24ClNO3S. The van der Waals surface area contributed by atoms with Gasteiger partial charge in [-0.2, -0.15) is 0 Å². The summed E-state index contributed by atoms with van der Waals surface area (Å²) in [7, 11) is 0. The van der Waals surface area contributed by atoms with Crippen LogP contribution in [-0.2, 0) is 24.2 Å². The van der Waals surface area contributed by atoms with Crippen molar-refractivity contribution in [3.05, 3.63) is 80.7 Å². The van der Waals surface area contributed by atoms with Crippen LogP contribution < -0.4 is 4.74 Å². The van der Waals surface area contributed by atoms with Crippen LogP contribution >= 0.6 is 22.9 Å². The molecule has 0 saturated heterocycles. The van der Waals surface area contributed by atoms with Gasteiger partial charge in [-0.15, -0.1) is 11.3 Å². The van der Waals surface area contributed by atoms with Gasteiger partial charge in [0.15, 0.2) is 0 Å². The minimum absolute atomic E-state index is 0.278. The first kappa shape index (κ1) is 21.6. The van der Waals surface area contributed by atoms with E-state index in [1.165, 1.54) is 4.88 Å². The Labute approximate surface area is 191 Å². The lowest BCUT2D eigenvalue weighted by atomic mass is 9.95. The molecule has 160 valence electrons. The Bertz CT molecular complexity index is 1110. The zero-order valence-corrected chi connectivity index (χ0v) is 19.0. The van der Waals surface area contributed by atoms with Crippen molar-refractivity contribution in [2.24, 2.45) is 4.99 Å². The van der Waals surface area contributed by atoms with Gasteiger partial charge < -0.3 is 9.47 Å². The first-order valence-electron chi connectivity index (χ1n) is 10.5. The Morgan fingerprint density at radius 2 is 2.00 bits per heavy atom. The number of rotatable bonds is 7. The second-order valence-electron chi connectivity index (χ2n) is 7.33. The third-order valence-corrected chi connectivity index (χ3v) is 6.59. The van der Waals surface area contributed by atoms with Crippen molar-refractivity contribution in [1.82, 2.24) is 0 Å². The van der Waals surface area contributed by atoms with Gasteiger partial charge in [-0.3, -0.25) is 0 Å². The highest BCUT2D eigenvalue weighted by Crippen LogP contribution is 2.40. The lowest BCUT2D eigenvalue weighted by molar-refractivity contribution is 0.0526. The molecule has 0 radical (unpaired) electrons. The van der Waals surface area contributed by atoms with Crippen molar-refractivity contribution in [3.8, 4) is 5.75 Å². The number of thiophene rings is 1. The van der Waals surface area contributed by atoms with Gasteiger partial charge in [-0.25, -0.2) is 9.79 Å². The summed E-state index contributed by atoms with van der Waals surface area (Å²) in [5, 5.41) is 1.40. The largest absolute Gasteiger partial charge is 0.488 e. The molecule has 0 spiro atoms. The number of carbonyl (C=O) groups excluding carboxylic acids is 1. The molecule has 0 unspecified atom stereocenters. The first-order valence-corrected chi connectivity index (χ1v) is 11.7. The van der Waals surface area contributed by atoms with Gasteiger partial charge in [0.05, 0.1) is 12.2 Å². The highest BCUT2D eigenvalue weighted by molar-refractivity contribution is 7.16. The molecule has 0 bridgehead atoms. The van der Waals surface area contributed by atoms with Crippen molar-refractivity contribution in [3.63, 3.8) is 0 Å². The van der Waals surface area contributed by atoms with Crippen LogP contribution in [0, 0.1) is 0 Å². The number of halogens is 1. The fourth-order valence-corrected chi connectivity index (χ4v) is 5.12. The third kappa shape index (κ3) is 5.17. The summed E-state index contributed by atoms with van der Waals surface area (Å²) >= 11 is 7.67. The Hall–Kier alpha value is -2.63. The van der Waals surface area contributed by atoms with Crippen LogP contribution in [0.2, 0.25) is 5.02 Å². The van der Waals surface area contributed by atoms with Gasteiger partial charge in [0.2, 0.25) is 0 Å². The molecule has 0 fully saturated rings. The summed E-state index contributed by atoms with van der Waals surface area (Å²) < 4.78 is 11.4. The average molecular weight is 454 g/mol. The molecule has 0 amide bonds. The fourth-order valence-electron chi connectivity index (χ4n) is 3.69. The second kappa shape index (κ2) is 10.1. The predicted molar refractivity (Wildman–Crippen MR) is 126 cm³/mol. The number of para-hydroxylation sites is 1. The minimum Gasteiger partial charge on any atom is -0.488 e. The molecular weight excluding hydrogens is 430 g/mol.